The second kappa shape index (κ2) is 8.89. The number of thioether (sulfide) groups is 1. The Labute approximate surface area is 110 Å². The fraction of sp³-hybridized carbons (Fsp3) is 0.700. The van der Waals surface area contributed by atoms with Gasteiger partial charge in [0, 0.05) is 6.42 Å². The van der Waals surface area contributed by atoms with Crippen molar-refractivity contribution in [3.05, 3.63) is 6.42 Å². The number of carbonyl (C=O) groups excluding carboxylic acids is 1. The van der Waals surface area contributed by atoms with E-state index in [1.807, 2.05) is 0 Å². The van der Waals surface area contributed by atoms with Crippen molar-refractivity contribution in [2.24, 2.45) is 0 Å². The zero-order valence-electron chi connectivity index (χ0n) is 8.77. The molecule has 0 aromatic carbocycles. The monoisotopic (exact) mass is 288 g/mol. The maximum atomic E-state index is 10.3. The number of aliphatic carboxylic acids is 1. The number of hydrogen-bond donors (Lipinski definition) is 2. The summed E-state index contributed by atoms with van der Waals surface area (Å²) in [5.41, 5.74) is 0. The summed E-state index contributed by atoms with van der Waals surface area (Å²) < 4.78 is 0. The van der Waals surface area contributed by atoms with Crippen molar-refractivity contribution >= 4 is 24.1 Å². The van der Waals surface area contributed by atoms with Gasteiger partial charge in [0.05, 0.1) is 0 Å². The average molecular weight is 288 g/mol. The predicted octanol–water partition coefficient (Wildman–Crippen LogP) is 0.974. The number of hydrogen-bond acceptors (Lipinski definition) is 3. The van der Waals surface area contributed by atoms with Gasteiger partial charge in [-0.05, 0) is 12.2 Å². The molecule has 1 aliphatic rings. The molecule has 4 nitrogen and oxygen atoms in total. The Hall–Kier alpha value is -0.204. The van der Waals surface area contributed by atoms with Gasteiger partial charge in [-0.3, -0.25) is 11.2 Å². The molecule has 1 saturated heterocycles. The molecule has 2 atom stereocenters. The molecule has 1 radical (unpaired) electrons. The van der Waals surface area contributed by atoms with E-state index >= 15 is 0 Å². The van der Waals surface area contributed by atoms with Crippen molar-refractivity contribution in [2.45, 2.75) is 37.0 Å². The fourth-order valence-corrected chi connectivity index (χ4v) is 2.85. The number of rotatable bonds is 7. The van der Waals surface area contributed by atoms with Crippen LogP contribution in [0.2, 0.25) is 0 Å². The van der Waals surface area contributed by atoms with E-state index in [1.54, 1.807) is 18.2 Å². The molecule has 0 aromatic heterocycles. The van der Waals surface area contributed by atoms with E-state index in [9.17, 15) is 9.59 Å². The quantitative estimate of drug-likeness (QED) is 0.416. The molecule has 1 heterocycles. The topological polar surface area (TPSA) is 66.4 Å². The van der Waals surface area contributed by atoms with E-state index in [1.165, 1.54) is 0 Å². The van der Waals surface area contributed by atoms with Crippen molar-refractivity contribution in [1.29, 1.82) is 0 Å². The van der Waals surface area contributed by atoms with Crippen molar-refractivity contribution in [2.75, 3.05) is 5.75 Å². The van der Waals surface area contributed by atoms with Crippen molar-refractivity contribution in [1.82, 2.24) is 5.32 Å². The molecule has 16 heavy (non-hydrogen) atoms. The molecule has 6 heteroatoms. The van der Waals surface area contributed by atoms with Gasteiger partial charge in [-0.15, -0.1) is 11.3 Å². The molecule has 1 fully saturated rings. The first-order valence-electron chi connectivity index (χ1n) is 5.03. The Morgan fingerprint density at radius 2 is 2.31 bits per heavy atom. The third kappa shape index (κ3) is 6.39. The standard InChI is InChI=1S/C10H15NO3S.Co/c12-7-11-8-5-9(15-6-8)3-1-2-4-10(13)14;/h5,8-9H,1-4,6H2,(H,11,12)(H,13,14);/q-2;+2/t8-,9+;/m0./s1. The number of nitrogens with one attached hydrogen (secondary N) is 1. The summed E-state index contributed by atoms with van der Waals surface area (Å²) >= 11 is 1.80. The second-order valence-corrected chi connectivity index (χ2v) is 4.83. The van der Waals surface area contributed by atoms with Crippen LogP contribution in [0.15, 0.2) is 0 Å². The first kappa shape index (κ1) is 15.8. The SMILES string of the molecule is O=[C-]N[C@H]1[CH-][C@@H](CCCCC(=O)O)SC1.[Co+2]. The van der Waals surface area contributed by atoms with E-state index in [0.29, 0.717) is 5.25 Å². The van der Waals surface area contributed by atoms with Crippen LogP contribution in [0.4, 0.5) is 0 Å². The molecule has 0 spiro atoms. The second-order valence-electron chi connectivity index (χ2n) is 3.56. The Kier molecular flexibility index (Phi) is 8.78. The molecule has 1 amide bonds. The van der Waals surface area contributed by atoms with Gasteiger partial charge in [-0.1, -0.05) is 12.8 Å². The van der Waals surface area contributed by atoms with Gasteiger partial charge in [0.1, 0.15) is 0 Å². The summed E-state index contributed by atoms with van der Waals surface area (Å²) in [5.74, 6) is 0.173. The van der Waals surface area contributed by atoms with Gasteiger partial charge in [0.25, 0.3) is 0 Å². The maximum Gasteiger partial charge on any atom is 2.00 e. The van der Waals surface area contributed by atoms with E-state index < -0.39 is 5.97 Å². The molecule has 0 aromatic rings. The Balaban J connectivity index is 0.00000225. The van der Waals surface area contributed by atoms with Gasteiger partial charge in [0.15, 0.2) is 0 Å². The summed E-state index contributed by atoms with van der Waals surface area (Å²) in [6.07, 6.45) is 6.71. The largest absolute Gasteiger partial charge is 2.00 e. The van der Waals surface area contributed by atoms with Crippen molar-refractivity contribution in [3.8, 4) is 0 Å². The van der Waals surface area contributed by atoms with Crippen molar-refractivity contribution in [3.63, 3.8) is 0 Å². The zero-order chi connectivity index (χ0) is 11.1. The Morgan fingerprint density at radius 1 is 1.56 bits per heavy atom. The molecule has 0 aliphatic carbocycles. The fourth-order valence-electron chi connectivity index (χ4n) is 1.56. The van der Waals surface area contributed by atoms with Crippen LogP contribution in [0, 0.1) is 6.42 Å². The normalized spacial score (nSPS) is 23.5. The molecule has 2 N–H and O–H groups in total. The minimum atomic E-state index is -0.729. The van der Waals surface area contributed by atoms with Crippen LogP contribution in [-0.2, 0) is 26.4 Å². The average Bonchev–Trinajstić information content (AvgIpc) is 2.61. The van der Waals surface area contributed by atoms with E-state index in [-0.39, 0.29) is 29.2 Å². The first-order chi connectivity index (χ1) is 7.22. The zero-order valence-corrected chi connectivity index (χ0v) is 10.6. The van der Waals surface area contributed by atoms with Crippen molar-refractivity contribution < 1.29 is 31.5 Å². The Morgan fingerprint density at radius 3 is 2.94 bits per heavy atom. The molecule has 0 saturated carbocycles. The molecule has 1 rings (SSSR count). The van der Waals surface area contributed by atoms with E-state index in [0.717, 1.165) is 25.0 Å². The number of amides is 1. The minimum absolute atomic E-state index is 0. The third-order valence-electron chi connectivity index (χ3n) is 2.31. The summed E-state index contributed by atoms with van der Waals surface area (Å²) in [6.45, 7) is 0. The van der Waals surface area contributed by atoms with Crippen LogP contribution >= 0.6 is 11.8 Å². The van der Waals surface area contributed by atoms with Crippen LogP contribution in [0.5, 0.6) is 0 Å². The van der Waals surface area contributed by atoms with E-state index in [4.69, 9.17) is 5.11 Å². The molecule has 0 unspecified atom stereocenters. The number of carbonyl (C=O) groups is 1. The van der Waals surface area contributed by atoms with Crippen LogP contribution in [0.3, 0.4) is 0 Å². The summed E-state index contributed by atoms with van der Waals surface area (Å²) in [4.78, 5) is 20.3. The molecule has 93 valence electrons. The smallest absolute Gasteiger partial charge is 0.551 e. The van der Waals surface area contributed by atoms with Gasteiger partial charge >= 0.3 is 22.7 Å². The molecular weight excluding hydrogens is 273 g/mol. The number of carboxylic acids is 1. The molecular formula is C10H15CoNO3S. The first-order valence-corrected chi connectivity index (χ1v) is 6.08. The number of unbranched alkanes of at least 4 members (excludes halogenated alkanes) is 1. The minimum Gasteiger partial charge on any atom is -0.551 e. The predicted molar refractivity (Wildman–Crippen MR) is 59.3 cm³/mol. The summed E-state index contributed by atoms with van der Waals surface area (Å²) in [5, 5.41) is 11.5. The summed E-state index contributed by atoms with van der Waals surface area (Å²) in [6, 6.07) is 0.136. The van der Waals surface area contributed by atoms with E-state index in [2.05, 4.69) is 11.7 Å². The van der Waals surface area contributed by atoms with Crippen LogP contribution in [-0.4, -0.2) is 34.5 Å². The summed E-state index contributed by atoms with van der Waals surface area (Å²) in [7, 11) is 0. The maximum absolute atomic E-state index is 10.3. The van der Waals surface area contributed by atoms with Gasteiger partial charge < -0.3 is 15.2 Å². The van der Waals surface area contributed by atoms with Gasteiger partial charge in [-0.2, -0.15) is 18.2 Å². The van der Waals surface area contributed by atoms with Crippen LogP contribution in [0.1, 0.15) is 25.7 Å². The van der Waals surface area contributed by atoms with Crippen LogP contribution in [0.25, 0.3) is 0 Å². The third-order valence-corrected chi connectivity index (χ3v) is 3.68. The number of carboxylic acid groups (broad SMARTS) is 1. The Bertz CT molecular complexity index is 228. The van der Waals surface area contributed by atoms with Gasteiger partial charge in [-0.25, -0.2) is 0 Å². The van der Waals surface area contributed by atoms with Gasteiger partial charge in [0.2, 0.25) is 0 Å². The molecule has 0 bridgehead atoms. The molecule has 1 aliphatic heterocycles. The van der Waals surface area contributed by atoms with Crippen LogP contribution < -0.4 is 5.32 Å².